The molecule has 1 aromatic carbocycles. The second-order valence-electron chi connectivity index (χ2n) is 5.73. The zero-order valence-corrected chi connectivity index (χ0v) is 13.9. The Kier molecular flexibility index (Phi) is 7.43. The van der Waals surface area contributed by atoms with E-state index in [4.69, 9.17) is 5.73 Å². The number of hydrogen-bond donors (Lipinski definition) is 0. The van der Waals surface area contributed by atoms with Gasteiger partial charge >= 0.3 is 21.7 Å². The molecule has 0 radical (unpaired) electrons. The van der Waals surface area contributed by atoms with Crippen molar-refractivity contribution in [3.05, 3.63) is 65.8 Å². The Morgan fingerprint density at radius 2 is 1.68 bits per heavy atom. The van der Waals surface area contributed by atoms with Crippen LogP contribution in [0.15, 0.2) is 42.0 Å². The monoisotopic (exact) mass is 289 g/mol. The van der Waals surface area contributed by atoms with E-state index in [0.717, 1.165) is 12.0 Å². The summed E-state index contributed by atoms with van der Waals surface area (Å²) in [6.45, 7) is 11.7. The van der Waals surface area contributed by atoms with E-state index < -0.39 is 0 Å². The quantitative estimate of drug-likeness (QED) is 0.486. The molecule has 0 amide bonds. The molecule has 0 saturated heterocycles. The molecule has 2 rings (SSSR count). The van der Waals surface area contributed by atoms with Crippen LogP contribution in [0.5, 0.6) is 0 Å². The van der Waals surface area contributed by atoms with E-state index in [1.54, 1.807) is 0 Å². The number of hydrogen-bond acceptors (Lipinski definition) is 0. The zero-order chi connectivity index (χ0) is 13.8. The zero-order valence-electron chi connectivity index (χ0n) is 12.4. The maximum absolute atomic E-state index is 6.94. The Balaban J connectivity index is 0.000000471. The number of rotatable bonds is 1. The van der Waals surface area contributed by atoms with Gasteiger partial charge in [0.2, 0.25) is 0 Å². The Morgan fingerprint density at radius 1 is 1.16 bits per heavy atom. The maximum Gasteiger partial charge on any atom is 2.00 e. The van der Waals surface area contributed by atoms with Gasteiger partial charge in [-0.2, -0.15) is 18.6 Å². The fraction of sp³-hybridized carbons (Fsp3) is 0.353. The predicted octanol–water partition coefficient (Wildman–Crippen LogP) is 5.44. The van der Waals surface area contributed by atoms with Gasteiger partial charge in [0.1, 0.15) is 0 Å². The Hall–Kier alpha value is -0.756. The van der Waals surface area contributed by atoms with Gasteiger partial charge in [-0.15, -0.1) is 23.2 Å². The molecule has 0 unspecified atom stereocenters. The molecular formula is C17H23NTi. The topological polar surface area (TPSA) is 23.8 Å². The van der Waals surface area contributed by atoms with Crippen LogP contribution >= 0.6 is 0 Å². The number of allylic oxidation sites excluding steroid dienone is 4. The average molecular weight is 289 g/mol. The van der Waals surface area contributed by atoms with Crippen molar-refractivity contribution in [1.29, 1.82) is 0 Å². The van der Waals surface area contributed by atoms with Crippen molar-refractivity contribution in [2.45, 2.75) is 39.7 Å². The SMILES string of the molecule is CC(C)(C)[NH-].[CH2-]c1ccccc1C1=CC(C)=CC1.[Ti+2]. The van der Waals surface area contributed by atoms with Crippen LogP contribution in [0.25, 0.3) is 11.3 Å². The molecule has 1 aliphatic rings. The Labute approximate surface area is 132 Å². The van der Waals surface area contributed by atoms with Crippen LogP contribution in [0.2, 0.25) is 0 Å². The van der Waals surface area contributed by atoms with Crippen LogP contribution in [0.1, 0.15) is 45.2 Å². The van der Waals surface area contributed by atoms with Crippen LogP contribution in [0, 0.1) is 6.92 Å². The molecule has 0 saturated carbocycles. The summed E-state index contributed by atoms with van der Waals surface area (Å²) in [6, 6.07) is 8.30. The number of nitrogens with one attached hydrogen (secondary N) is 1. The van der Waals surface area contributed by atoms with E-state index in [2.05, 4.69) is 44.2 Å². The molecule has 19 heavy (non-hydrogen) atoms. The first-order chi connectivity index (χ1) is 8.27. The third kappa shape index (κ3) is 7.42. The van der Waals surface area contributed by atoms with E-state index in [1.807, 2.05) is 26.8 Å². The van der Waals surface area contributed by atoms with Gasteiger partial charge in [0.15, 0.2) is 0 Å². The molecule has 0 heterocycles. The van der Waals surface area contributed by atoms with Gasteiger partial charge in [0, 0.05) is 0 Å². The molecule has 0 fully saturated rings. The minimum atomic E-state index is -0.250. The average Bonchev–Trinajstić information content (AvgIpc) is 2.63. The predicted molar refractivity (Wildman–Crippen MR) is 81.3 cm³/mol. The first-order valence-electron chi connectivity index (χ1n) is 6.31. The molecule has 0 aliphatic heterocycles. The molecule has 2 heteroatoms. The summed E-state index contributed by atoms with van der Waals surface area (Å²) in [5.74, 6) is 0. The Morgan fingerprint density at radius 3 is 2.11 bits per heavy atom. The molecule has 0 spiro atoms. The van der Waals surface area contributed by atoms with Gasteiger partial charge in [-0.1, -0.05) is 50.1 Å². The summed E-state index contributed by atoms with van der Waals surface area (Å²) >= 11 is 0. The standard InChI is InChI=1S/C13H13.C4H10N.Ti/c1-10-7-8-12(9-10)13-6-4-3-5-11(13)2;1-4(2,3)5;/h3-7,9H,2,8H2,1H3;5H,1-3H3;/q2*-1;+2. The molecule has 1 nitrogen and oxygen atoms in total. The molecule has 0 bridgehead atoms. The van der Waals surface area contributed by atoms with E-state index in [0.29, 0.717) is 0 Å². The third-order valence-electron chi connectivity index (χ3n) is 2.41. The normalized spacial score (nSPS) is 13.7. The van der Waals surface area contributed by atoms with Crippen LogP contribution in [0.4, 0.5) is 0 Å². The first-order valence-corrected chi connectivity index (χ1v) is 6.31. The van der Waals surface area contributed by atoms with Gasteiger partial charge in [-0.05, 0) is 13.3 Å². The van der Waals surface area contributed by atoms with Gasteiger partial charge < -0.3 is 5.73 Å². The second kappa shape index (κ2) is 7.74. The smallest absolute Gasteiger partial charge is 0.673 e. The summed E-state index contributed by atoms with van der Waals surface area (Å²) in [5.41, 5.74) is 11.8. The van der Waals surface area contributed by atoms with E-state index in [1.165, 1.54) is 16.7 Å². The van der Waals surface area contributed by atoms with Crippen molar-refractivity contribution in [1.82, 2.24) is 0 Å². The van der Waals surface area contributed by atoms with Crippen LogP contribution in [-0.4, -0.2) is 5.54 Å². The molecule has 1 aromatic rings. The minimum absolute atomic E-state index is 0. The second-order valence-corrected chi connectivity index (χ2v) is 5.73. The van der Waals surface area contributed by atoms with Crippen molar-refractivity contribution in [2.75, 3.05) is 0 Å². The van der Waals surface area contributed by atoms with Gasteiger partial charge in [-0.25, -0.2) is 0 Å². The van der Waals surface area contributed by atoms with Crippen molar-refractivity contribution < 1.29 is 21.7 Å². The molecule has 0 aromatic heterocycles. The third-order valence-corrected chi connectivity index (χ3v) is 2.41. The summed E-state index contributed by atoms with van der Waals surface area (Å²) in [5, 5.41) is 0. The van der Waals surface area contributed by atoms with Crippen LogP contribution in [-0.2, 0) is 21.7 Å². The van der Waals surface area contributed by atoms with Crippen molar-refractivity contribution in [3.63, 3.8) is 0 Å². The Bertz CT molecular complexity index is 458. The molecular weight excluding hydrogens is 266 g/mol. The van der Waals surface area contributed by atoms with Crippen LogP contribution < -0.4 is 0 Å². The largest absolute Gasteiger partial charge is 2.00 e. The van der Waals surface area contributed by atoms with E-state index in [9.17, 15) is 0 Å². The minimum Gasteiger partial charge on any atom is -0.673 e. The molecule has 0 atom stereocenters. The fourth-order valence-corrected chi connectivity index (χ4v) is 1.68. The first kappa shape index (κ1) is 18.2. The van der Waals surface area contributed by atoms with Crippen molar-refractivity contribution >= 4 is 5.57 Å². The van der Waals surface area contributed by atoms with Crippen molar-refractivity contribution in [2.24, 2.45) is 0 Å². The maximum atomic E-state index is 6.94. The molecule has 1 N–H and O–H groups in total. The van der Waals surface area contributed by atoms with Gasteiger partial charge in [0.05, 0.1) is 0 Å². The summed E-state index contributed by atoms with van der Waals surface area (Å²) in [7, 11) is 0. The van der Waals surface area contributed by atoms with E-state index >= 15 is 0 Å². The van der Waals surface area contributed by atoms with Gasteiger partial charge in [0.25, 0.3) is 0 Å². The summed E-state index contributed by atoms with van der Waals surface area (Å²) in [6.07, 6.45) is 5.55. The summed E-state index contributed by atoms with van der Waals surface area (Å²) in [4.78, 5) is 0. The summed E-state index contributed by atoms with van der Waals surface area (Å²) < 4.78 is 0. The van der Waals surface area contributed by atoms with E-state index in [-0.39, 0.29) is 27.3 Å². The molecule has 100 valence electrons. The van der Waals surface area contributed by atoms with Gasteiger partial charge in [-0.3, -0.25) is 0 Å². The van der Waals surface area contributed by atoms with Crippen LogP contribution in [0.3, 0.4) is 0 Å². The number of benzene rings is 1. The molecule has 1 aliphatic carbocycles. The fourth-order valence-electron chi connectivity index (χ4n) is 1.68. The van der Waals surface area contributed by atoms with Crippen molar-refractivity contribution in [3.8, 4) is 0 Å².